The lowest BCUT2D eigenvalue weighted by molar-refractivity contribution is -0.142. The highest BCUT2D eigenvalue weighted by atomic mass is 16.5. The van der Waals surface area contributed by atoms with Gasteiger partial charge in [-0.25, -0.2) is 4.79 Å². The predicted molar refractivity (Wildman–Crippen MR) is 60.4 cm³/mol. The molecule has 0 saturated carbocycles. The Morgan fingerprint density at radius 3 is 2.94 bits per heavy atom. The molecule has 0 bridgehead atoms. The smallest absolute Gasteiger partial charge is 0.335 e. The van der Waals surface area contributed by atoms with Gasteiger partial charge >= 0.3 is 11.9 Å². The lowest BCUT2D eigenvalue weighted by Crippen LogP contribution is -2.11. The maximum absolute atomic E-state index is 11.3. The second kappa shape index (κ2) is 6.42. The number of ether oxygens (including phenoxy) is 2. The third kappa shape index (κ3) is 4.06. The van der Waals surface area contributed by atoms with Crippen molar-refractivity contribution < 1.29 is 19.1 Å². The largest absolute Gasteiger partial charge is 0.466 e. The first-order valence-electron chi connectivity index (χ1n) is 5.10. The minimum absolute atomic E-state index is 0.0378. The quantitative estimate of drug-likeness (QED) is 0.568. The van der Waals surface area contributed by atoms with E-state index in [-0.39, 0.29) is 18.1 Å². The second-order valence-electron chi connectivity index (χ2n) is 3.09. The minimum Gasteiger partial charge on any atom is -0.466 e. The van der Waals surface area contributed by atoms with E-state index < -0.39 is 5.97 Å². The number of hydrogen-bond acceptors (Lipinski definition) is 5. The van der Waals surface area contributed by atoms with E-state index in [1.54, 1.807) is 13.0 Å². The van der Waals surface area contributed by atoms with Crippen LogP contribution in [0.2, 0.25) is 0 Å². The first-order chi connectivity index (χ1) is 8.17. The molecule has 0 spiro atoms. The van der Waals surface area contributed by atoms with Crippen molar-refractivity contribution in [1.29, 1.82) is 0 Å². The van der Waals surface area contributed by atoms with Gasteiger partial charge in [0.25, 0.3) is 0 Å². The predicted octanol–water partition coefficient (Wildman–Crippen LogP) is 1.28. The molecule has 0 unspecified atom stereocenters. The van der Waals surface area contributed by atoms with Crippen LogP contribution in [0.15, 0.2) is 31.1 Å². The molecule has 0 atom stereocenters. The SMILES string of the molecule is C=CC(=O)Oc1cnccc1CC(=O)OCC. The number of esters is 2. The standard InChI is InChI=1S/C12H13NO4/c1-3-11(14)17-10-8-13-6-5-9(10)7-12(15)16-4-2/h3,5-6,8H,1,4,7H2,2H3. The van der Waals surface area contributed by atoms with Crippen molar-refractivity contribution in [2.24, 2.45) is 0 Å². The van der Waals surface area contributed by atoms with E-state index in [9.17, 15) is 9.59 Å². The summed E-state index contributed by atoms with van der Waals surface area (Å²) in [5, 5.41) is 0. The zero-order valence-electron chi connectivity index (χ0n) is 9.51. The summed E-state index contributed by atoms with van der Waals surface area (Å²) >= 11 is 0. The van der Waals surface area contributed by atoms with E-state index in [4.69, 9.17) is 9.47 Å². The highest BCUT2D eigenvalue weighted by Crippen LogP contribution is 2.17. The van der Waals surface area contributed by atoms with Gasteiger partial charge in [-0.2, -0.15) is 0 Å². The van der Waals surface area contributed by atoms with Gasteiger partial charge < -0.3 is 9.47 Å². The van der Waals surface area contributed by atoms with Crippen LogP contribution in [0.1, 0.15) is 12.5 Å². The number of aromatic nitrogens is 1. The zero-order valence-corrected chi connectivity index (χ0v) is 9.51. The highest BCUT2D eigenvalue weighted by Gasteiger charge is 2.11. The van der Waals surface area contributed by atoms with Crippen LogP contribution in [-0.4, -0.2) is 23.5 Å². The number of pyridine rings is 1. The fourth-order valence-corrected chi connectivity index (χ4v) is 1.16. The van der Waals surface area contributed by atoms with Gasteiger partial charge in [0, 0.05) is 17.8 Å². The lowest BCUT2D eigenvalue weighted by atomic mass is 10.2. The molecule has 0 aliphatic rings. The number of hydrogen-bond donors (Lipinski definition) is 0. The van der Waals surface area contributed by atoms with Crippen LogP contribution in [0, 0.1) is 0 Å². The van der Waals surface area contributed by atoms with Crippen molar-refractivity contribution in [3.8, 4) is 5.75 Å². The summed E-state index contributed by atoms with van der Waals surface area (Å²) in [5.41, 5.74) is 0.550. The molecule has 0 fully saturated rings. The van der Waals surface area contributed by atoms with Gasteiger partial charge in [0.05, 0.1) is 19.2 Å². The molecule has 1 aromatic heterocycles. The molecule has 1 heterocycles. The van der Waals surface area contributed by atoms with E-state index in [1.807, 2.05) is 0 Å². The molecule has 0 radical (unpaired) electrons. The van der Waals surface area contributed by atoms with Gasteiger partial charge in [-0.15, -0.1) is 0 Å². The average Bonchev–Trinajstić information content (AvgIpc) is 2.31. The van der Waals surface area contributed by atoms with Crippen molar-refractivity contribution in [2.45, 2.75) is 13.3 Å². The Labute approximate surface area is 99.1 Å². The Morgan fingerprint density at radius 1 is 1.53 bits per heavy atom. The van der Waals surface area contributed by atoms with Crippen molar-refractivity contribution in [3.63, 3.8) is 0 Å². The lowest BCUT2D eigenvalue weighted by Gasteiger charge is -2.07. The fourth-order valence-electron chi connectivity index (χ4n) is 1.16. The minimum atomic E-state index is -0.594. The summed E-state index contributed by atoms with van der Waals surface area (Å²) in [5.74, 6) is -0.733. The molecule has 0 aliphatic heterocycles. The summed E-state index contributed by atoms with van der Waals surface area (Å²) in [7, 11) is 0. The van der Waals surface area contributed by atoms with Gasteiger partial charge in [-0.1, -0.05) is 6.58 Å². The molecule has 17 heavy (non-hydrogen) atoms. The first kappa shape index (κ1) is 12.9. The van der Waals surface area contributed by atoms with Crippen LogP contribution in [0.25, 0.3) is 0 Å². The normalized spacial score (nSPS) is 9.47. The summed E-state index contributed by atoms with van der Waals surface area (Å²) in [6.45, 7) is 5.33. The molecule has 1 aromatic rings. The second-order valence-corrected chi connectivity index (χ2v) is 3.09. The topological polar surface area (TPSA) is 65.5 Å². The Balaban J connectivity index is 2.80. The van der Waals surface area contributed by atoms with Crippen molar-refractivity contribution >= 4 is 11.9 Å². The van der Waals surface area contributed by atoms with Gasteiger partial charge in [0.15, 0.2) is 5.75 Å². The average molecular weight is 235 g/mol. The molecule has 0 amide bonds. The van der Waals surface area contributed by atoms with Crippen LogP contribution in [0.3, 0.4) is 0 Å². The number of carbonyl (C=O) groups excluding carboxylic acids is 2. The Morgan fingerprint density at radius 2 is 2.29 bits per heavy atom. The number of rotatable bonds is 5. The Bertz CT molecular complexity index is 428. The summed E-state index contributed by atoms with van der Waals surface area (Å²) in [6.07, 6.45) is 3.97. The molecular formula is C12H13NO4. The van der Waals surface area contributed by atoms with E-state index in [0.717, 1.165) is 6.08 Å². The van der Waals surface area contributed by atoms with E-state index in [1.165, 1.54) is 12.4 Å². The van der Waals surface area contributed by atoms with E-state index >= 15 is 0 Å². The monoisotopic (exact) mass is 235 g/mol. The Hall–Kier alpha value is -2.17. The van der Waals surface area contributed by atoms with Crippen LogP contribution in [-0.2, 0) is 20.7 Å². The van der Waals surface area contributed by atoms with E-state index in [0.29, 0.717) is 12.2 Å². The van der Waals surface area contributed by atoms with Crippen LogP contribution < -0.4 is 4.74 Å². The molecule has 5 heteroatoms. The molecule has 5 nitrogen and oxygen atoms in total. The molecule has 0 aromatic carbocycles. The van der Waals surface area contributed by atoms with Gasteiger partial charge in [-0.3, -0.25) is 9.78 Å². The first-order valence-corrected chi connectivity index (χ1v) is 5.10. The molecular weight excluding hydrogens is 222 g/mol. The van der Waals surface area contributed by atoms with Crippen molar-refractivity contribution in [1.82, 2.24) is 4.98 Å². The summed E-state index contributed by atoms with van der Waals surface area (Å²) in [6, 6.07) is 1.60. The maximum atomic E-state index is 11.3. The van der Waals surface area contributed by atoms with Crippen molar-refractivity contribution in [2.75, 3.05) is 6.61 Å². The molecule has 0 N–H and O–H groups in total. The van der Waals surface area contributed by atoms with Crippen LogP contribution in [0.5, 0.6) is 5.75 Å². The van der Waals surface area contributed by atoms with Crippen LogP contribution >= 0.6 is 0 Å². The fraction of sp³-hybridized carbons (Fsp3) is 0.250. The van der Waals surface area contributed by atoms with Gasteiger partial charge in [0.1, 0.15) is 0 Å². The summed E-state index contributed by atoms with van der Waals surface area (Å²) < 4.78 is 9.76. The number of nitrogens with zero attached hydrogens (tertiary/aromatic N) is 1. The summed E-state index contributed by atoms with van der Waals surface area (Å²) in [4.78, 5) is 26.2. The van der Waals surface area contributed by atoms with Gasteiger partial charge in [-0.05, 0) is 13.0 Å². The van der Waals surface area contributed by atoms with Gasteiger partial charge in [0.2, 0.25) is 0 Å². The molecule has 0 saturated heterocycles. The third-order valence-corrected chi connectivity index (χ3v) is 1.89. The van der Waals surface area contributed by atoms with Crippen LogP contribution in [0.4, 0.5) is 0 Å². The Kier molecular flexibility index (Phi) is 4.87. The zero-order chi connectivity index (χ0) is 12.7. The molecule has 0 aliphatic carbocycles. The maximum Gasteiger partial charge on any atom is 0.335 e. The molecule has 1 rings (SSSR count). The van der Waals surface area contributed by atoms with E-state index in [2.05, 4.69) is 11.6 Å². The molecule has 90 valence electrons. The highest BCUT2D eigenvalue weighted by molar-refractivity contribution is 5.84. The number of carbonyl (C=O) groups is 2. The third-order valence-electron chi connectivity index (χ3n) is 1.89. The van der Waals surface area contributed by atoms with Crippen molar-refractivity contribution in [3.05, 3.63) is 36.7 Å².